The molecule has 10 aliphatic rings. The van der Waals surface area contributed by atoms with E-state index in [0.717, 1.165) is 12.7 Å². The Morgan fingerprint density at radius 2 is 1.11 bits per heavy atom. The lowest BCUT2D eigenvalue weighted by molar-refractivity contribution is -0.396. The number of esters is 1. The Morgan fingerprint density at radius 1 is 0.577 bits per heavy atom. The first-order valence-electron chi connectivity index (χ1n) is 32.4. The molecular weight excluding hydrogens is 1340 g/mol. The van der Waals surface area contributed by atoms with Gasteiger partial charge in [-0.1, -0.05) is 51.5 Å². The summed E-state index contributed by atoms with van der Waals surface area (Å²) in [6.45, 7) is 8.48. The van der Waals surface area contributed by atoms with Crippen molar-refractivity contribution in [3.05, 3.63) is 23.8 Å². The van der Waals surface area contributed by atoms with Crippen LogP contribution >= 0.6 is 0 Å². The number of methoxy groups -OCH3 is 1. The number of hydrogen-bond acceptors (Lipinski definition) is 33. The third-order valence-corrected chi connectivity index (χ3v) is 23.4. The van der Waals surface area contributed by atoms with E-state index in [1.165, 1.54) is 0 Å². The monoisotopic (exact) mass is 1440 g/mol. The second-order valence-electron chi connectivity index (χ2n) is 29.2. The van der Waals surface area contributed by atoms with E-state index in [2.05, 4.69) is 22.2 Å². The second kappa shape index (κ2) is 28.6. The van der Waals surface area contributed by atoms with Crippen LogP contribution in [0, 0.1) is 39.4 Å². The lowest BCUT2D eigenvalue weighted by Crippen LogP contribution is -2.68. The highest BCUT2D eigenvalue weighted by Crippen LogP contribution is 2.76. The SMILES string of the molecule is CO[C@@H]1[C@@H](O)[C@H](O[C@@H]2[C@@H](O)[C@H](O[C@H]3[C@H](O)[C@@H](O)[C@H](O[C@H]4[C@H](OC5CC[C@]6(C)C7=C[C@H](O)[C@]89C(=O)O[C@@](C)(C/C=C/C(C)(C)O)[C@H]8CC[C@@]9(C)[C@@H]7CC[C@H]6C5(C)C)OC[C@@H](O[C@@H]5O[C@H](COS(=O)(=O)O)[C@@H](O)[C@H](O)[C@H]5O)[C@@H]4O)O[C@@H]3CO)O[C@H](COS(=O)(=O)O)[C@H]2O)O[C@H](CO)[C@H]1O. The van der Waals surface area contributed by atoms with Crippen molar-refractivity contribution in [1.29, 1.82) is 0 Å². The van der Waals surface area contributed by atoms with Crippen LogP contribution in [-0.4, -0.2) is 314 Å². The predicted molar refractivity (Wildman–Crippen MR) is 318 cm³/mol. The van der Waals surface area contributed by atoms with Crippen LogP contribution in [0.1, 0.15) is 93.4 Å². The maximum absolute atomic E-state index is 14.6. The minimum Gasteiger partial charge on any atom is -0.458 e. The maximum Gasteiger partial charge on any atom is 0.397 e. The summed E-state index contributed by atoms with van der Waals surface area (Å²) in [5.41, 5.74) is -4.40. The van der Waals surface area contributed by atoms with Crippen LogP contribution in [0.25, 0.3) is 0 Å². The average Bonchev–Trinajstić information content (AvgIpc) is 1.59. The summed E-state index contributed by atoms with van der Waals surface area (Å²) in [6, 6.07) is 0. The molecule has 6 saturated heterocycles. The Hall–Kier alpha value is -2.31. The van der Waals surface area contributed by atoms with Crippen molar-refractivity contribution in [3.63, 3.8) is 0 Å². The molecule has 0 aromatic heterocycles. The first-order valence-corrected chi connectivity index (χ1v) is 35.2. The molecule has 6 aliphatic heterocycles. The van der Waals surface area contributed by atoms with Gasteiger partial charge in [-0.15, -0.1) is 0 Å². The Kier molecular flexibility index (Phi) is 22.8. The fourth-order valence-corrected chi connectivity index (χ4v) is 18.3. The zero-order chi connectivity index (χ0) is 71.4. The van der Waals surface area contributed by atoms with Gasteiger partial charge in [-0.25, -0.2) is 8.37 Å². The van der Waals surface area contributed by atoms with Crippen LogP contribution in [0.5, 0.6) is 0 Å². The molecule has 0 radical (unpaired) electrons. The number of aliphatic hydroxyl groups is 14. The van der Waals surface area contributed by atoms with E-state index in [1.807, 2.05) is 32.9 Å². The van der Waals surface area contributed by atoms with Gasteiger partial charge in [0.15, 0.2) is 31.5 Å². The number of aliphatic hydroxyl groups excluding tert-OH is 13. The summed E-state index contributed by atoms with van der Waals surface area (Å²) in [6.07, 6.45) is -40.0. The zero-order valence-corrected chi connectivity index (χ0v) is 56.3. The van der Waals surface area contributed by atoms with Gasteiger partial charge >= 0.3 is 26.8 Å². The van der Waals surface area contributed by atoms with Crippen LogP contribution in [0.4, 0.5) is 0 Å². The normalized spacial score (nSPS) is 49.5. The van der Waals surface area contributed by atoms with Crippen LogP contribution in [0.15, 0.2) is 23.8 Å². The lowest BCUT2D eigenvalue weighted by atomic mass is 9.40. The largest absolute Gasteiger partial charge is 0.458 e. The van der Waals surface area contributed by atoms with Crippen molar-refractivity contribution in [1.82, 2.24) is 0 Å². The van der Waals surface area contributed by atoms with Gasteiger partial charge in [-0.05, 0) is 87.4 Å². The minimum absolute atomic E-state index is 0.141. The summed E-state index contributed by atoms with van der Waals surface area (Å²) in [4.78, 5) is 14.6. The summed E-state index contributed by atoms with van der Waals surface area (Å²) in [5, 5.41) is 158. The summed E-state index contributed by atoms with van der Waals surface area (Å²) in [5.74, 6) is -1.12. The highest BCUT2D eigenvalue weighted by atomic mass is 32.3. The molecule has 16 N–H and O–H groups in total. The number of ether oxygens (including phenoxy) is 12. The van der Waals surface area contributed by atoms with Crippen LogP contribution < -0.4 is 0 Å². The van der Waals surface area contributed by atoms with Crippen LogP contribution in [-0.2, 0) is 90.8 Å². The van der Waals surface area contributed by atoms with Gasteiger partial charge in [0, 0.05) is 19.4 Å². The molecule has 35 nitrogen and oxygen atoms in total. The predicted octanol–water partition coefficient (Wildman–Crippen LogP) is -5.00. The van der Waals surface area contributed by atoms with E-state index in [9.17, 15) is 102 Å². The van der Waals surface area contributed by atoms with Gasteiger partial charge in [0.25, 0.3) is 0 Å². The molecule has 0 aromatic rings. The first kappa shape index (κ1) is 77.3. The van der Waals surface area contributed by atoms with Gasteiger partial charge < -0.3 is 128 Å². The third kappa shape index (κ3) is 14.4. The molecule has 37 heteroatoms. The summed E-state index contributed by atoms with van der Waals surface area (Å²) in [7, 11) is -9.30. The average molecular weight is 1440 g/mol. The highest BCUT2D eigenvalue weighted by Gasteiger charge is 2.79. The second-order valence-corrected chi connectivity index (χ2v) is 31.4. The van der Waals surface area contributed by atoms with Crippen molar-refractivity contribution < 1.29 is 167 Å². The van der Waals surface area contributed by atoms with Crippen LogP contribution in [0.2, 0.25) is 0 Å². The molecule has 1 unspecified atom stereocenters. The molecule has 0 bridgehead atoms. The van der Waals surface area contributed by atoms with E-state index in [0.29, 0.717) is 44.9 Å². The maximum atomic E-state index is 14.6. The Balaban J connectivity index is 0.904. The van der Waals surface area contributed by atoms with Crippen LogP contribution in [0.3, 0.4) is 0 Å². The minimum atomic E-state index is -5.26. The van der Waals surface area contributed by atoms with Crippen molar-refractivity contribution >= 4 is 26.8 Å². The van der Waals surface area contributed by atoms with Crippen molar-refractivity contribution in [3.8, 4) is 0 Å². The smallest absolute Gasteiger partial charge is 0.397 e. The molecule has 1 spiro atoms. The summed E-state index contributed by atoms with van der Waals surface area (Å²) >= 11 is 0. The van der Waals surface area contributed by atoms with Gasteiger partial charge in [0.1, 0.15) is 127 Å². The highest BCUT2D eigenvalue weighted by molar-refractivity contribution is 7.81. The topological polar surface area (TPSA) is 538 Å². The standard InChI is InChI=1S/C60H96O35S2/c1-55(2,75)14-9-15-59(7)32-12-17-58(6)24-10-11-31-56(3,4)34(13-16-57(31,5)25(24)18-33(63)60(32,58)54(74)95-59)91-53-48(38(67)28(21-83-53)88-49-41(70)39(68)35(64)29(89-49)22-84-96(76,77)78)94-50-42(71)40(69)45(27(20-62)87-50)92-52-44(73)47(37(66)30(90-52)23-85-97(79,80)81)93-51-43(72)46(82-8)36(65)26(19-61)86-51/h9,14,18,24,26-53,61-73,75H,10-13,15-17,19-23H2,1-8H3,(H,76,77,78)(H,79,80,81)/b14-9+/t24-,26-,27-,28-,29-,30-,31+,32-,33+,34?,35-,36-,37-,38+,39+,40-,41-,42-,43-,44-,45-,46+,47+,48-,49-,50+,51+,52+,53+,57-,58+,59+,60+/m1/s1. The Bertz CT molecular complexity index is 3040. The van der Waals surface area contributed by atoms with E-state index in [-0.39, 0.29) is 17.8 Å². The first-order chi connectivity index (χ1) is 45.1. The van der Waals surface area contributed by atoms with Gasteiger partial charge in [-0.2, -0.15) is 16.8 Å². The molecule has 33 atom stereocenters. The molecule has 558 valence electrons. The number of carbonyl (C=O) groups excluding carboxylic acids is 1. The lowest BCUT2D eigenvalue weighted by Gasteiger charge is -2.64. The van der Waals surface area contributed by atoms with E-state index < -0.39 is 252 Å². The van der Waals surface area contributed by atoms with Gasteiger partial charge in [-0.3, -0.25) is 13.9 Å². The molecule has 10 rings (SSSR count). The summed E-state index contributed by atoms with van der Waals surface area (Å²) < 4.78 is 145. The number of fused-ring (bicyclic) bond motifs is 4. The number of rotatable bonds is 22. The number of hydrogen-bond donors (Lipinski definition) is 16. The Morgan fingerprint density at radius 3 is 1.71 bits per heavy atom. The van der Waals surface area contributed by atoms with Crippen molar-refractivity contribution in [2.75, 3.05) is 40.1 Å². The van der Waals surface area contributed by atoms with Gasteiger partial charge in [0.05, 0.1) is 50.8 Å². The fraction of sp³-hybridized carbons (Fsp3) is 0.917. The van der Waals surface area contributed by atoms with Crippen molar-refractivity contribution in [2.24, 2.45) is 39.4 Å². The van der Waals surface area contributed by atoms with E-state index >= 15 is 0 Å². The third-order valence-electron chi connectivity index (χ3n) is 22.6. The molecule has 97 heavy (non-hydrogen) atoms. The number of allylic oxidation sites excluding steroid dienone is 1. The molecule has 3 saturated carbocycles. The molecule has 0 aromatic carbocycles. The number of carbonyl (C=O) groups is 1. The fourth-order valence-electron chi connectivity index (χ4n) is 17.7. The molecule has 9 fully saturated rings. The van der Waals surface area contributed by atoms with E-state index in [4.69, 9.17) is 56.8 Å². The number of cyclic esters (lactones) is 1. The Labute approximate surface area is 559 Å². The van der Waals surface area contributed by atoms with Gasteiger partial charge in [0.2, 0.25) is 0 Å². The molecule has 4 aliphatic carbocycles. The molecular formula is C60H96O35S2. The quantitative estimate of drug-likeness (QED) is 0.0209. The van der Waals surface area contributed by atoms with Crippen molar-refractivity contribution in [2.45, 2.75) is 264 Å². The van der Waals surface area contributed by atoms with E-state index in [1.54, 1.807) is 19.9 Å². The molecule has 0 amide bonds. The molecule has 6 heterocycles. The zero-order valence-electron chi connectivity index (χ0n) is 54.7.